The molecule has 0 aromatic heterocycles. The van der Waals surface area contributed by atoms with Gasteiger partial charge in [0.25, 0.3) is 0 Å². The minimum atomic E-state index is 0. The van der Waals surface area contributed by atoms with Crippen LogP contribution in [0.4, 0.5) is 0 Å². The summed E-state index contributed by atoms with van der Waals surface area (Å²) in [6, 6.07) is 0. The predicted octanol–water partition coefficient (Wildman–Crippen LogP) is -10.1. The zero-order valence-corrected chi connectivity index (χ0v) is 13.4. The predicted molar refractivity (Wildman–Crippen MR) is 17.3 cm³/mol. The second kappa shape index (κ2) is 35.5. The summed E-state index contributed by atoms with van der Waals surface area (Å²) < 4.78 is 0. The first-order valence-electron chi connectivity index (χ1n) is 0. The fourth-order valence-electron chi connectivity index (χ4n) is 0. The second-order valence-electron chi connectivity index (χ2n) is 0. The van der Waals surface area contributed by atoms with E-state index in [-0.39, 0.29) is 146 Å². The van der Waals surface area contributed by atoms with Gasteiger partial charge in [-0.15, -0.1) is 0 Å². The summed E-state index contributed by atoms with van der Waals surface area (Å²) in [6.07, 6.45) is 0. The summed E-state index contributed by atoms with van der Waals surface area (Å²) in [4.78, 5) is 0. The van der Waals surface area contributed by atoms with Gasteiger partial charge in [-0.05, 0) is 0 Å². The summed E-state index contributed by atoms with van der Waals surface area (Å²) in [7, 11) is 0. The molecule has 6 heteroatoms. The van der Waals surface area contributed by atoms with Crippen LogP contribution in [0, 0.1) is 0 Å². The van der Waals surface area contributed by atoms with Crippen LogP contribution in [-0.2, 0) is 0 Å². The maximum atomic E-state index is 0. The summed E-state index contributed by atoms with van der Waals surface area (Å²) >= 11 is 0. The van der Waals surface area contributed by atoms with Gasteiger partial charge in [0.1, 0.15) is 0 Å². The molecule has 0 nitrogen and oxygen atoms in total. The van der Waals surface area contributed by atoms with Crippen molar-refractivity contribution < 1.29 is 14.1 Å². The van der Waals surface area contributed by atoms with Crippen molar-refractivity contribution in [3.63, 3.8) is 0 Å². The molecule has 0 unspecified atom stereocenters. The van der Waals surface area contributed by atoms with E-state index in [9.17, 15) is 0 Å². The summed E-state index contributed by atoms with van der Waals surface area (Å²) in [5, 5.41) is 0. The van der Waals surface area contributed by atoms with Crippen LogP contribution >= 0.6 is 0 Å². The van der Waals surface area contributed by atoms with Gasteiger partial charge in [0, 0.05) is 0 Å². The Bertz CT molecular complexity index is 10.8. The molecule has 0 atom stereocenters. The van der Waals surface area contributed by atoms with Crippen molar-refractivity contribution in [3.8, 4) is 0 Å². The van der Waals surface area contributed by atoms with Crippen molar-refractivity contribution in [2.45, 2.75) is 0 Å². The van der Waals surface area contributed by atoms with Crippen LogP contribution in [0.15, 0.2) is 0 Å². The fraction of sp³-hybridized carbons (Fsp3) is 0. The normalized spacial score (nSPS) is 0. The summed E-state index contributed by atoms with van der Waals surface area (Å²) in [5.74, 6) is 0. The third kappa shape index (κ3) is 24.3. The van der Waals surface area contributed by atoms with Crippen molar-refractivity contribution in [3.05, 3.63) is 0 Å². The molecule has 0 amide bonds. The van der Waals surface area contributed by atoms with Crippen molar-refractivity contribution in [1.29, 1.82) is 0 Å². The largest absolute Gasteiger partial charge is 2.00 e. The molecule has 0 saturated carbocycles. The Morgan fingerprint density at radius 1 is 0.667 bits per heavy atom. The van der Waals surface area contributed by atoms with Gasteiger partial charge in [-0.1, -0.05) is 0 Å². The quantitative estimate of drug-likeness (QED) is 0.389. The first-order chi connectivity index (χ1) is 0. The molecule has 0 radical (unpaired) electrons. The van der Waals surface area contributed by atoms with Crippen LogP contribution in [0.3, 0.4) is 0 Å². The van der Waals surface area contributed by atoms with Crippen molar-refractivity contribution in [2.24, 2.45) is 0 Å². The van der Waals surface area contributed by atoms with E-state index in [0.717, 1.165) is 0 Å². The fourth-order valence-corrected chi connectivity index (χ4v) is 0. The van der Waals surface area contributed by atoms with Gasteiger partial charge in [0.15, 0.2) is 0 Å². The molecule has 0 rings (SSSR count). The molecule has 0 aromatic carbocycles. The molecule has 0 aliphatic heterocycles. The van der Waals surface area contributed by atoms with E-state index >= 15 is 0 Å². The van der Waals surface area contributed by atoms with Crippen molar-refractivity contribution in [1.82, 2.24) is 0 Å². The average molecular weight is 322 g/mol. The van der Waals surface area contributed by atoms with E-state index < -0.39 is 0 Å². The van der Waals surface area contributed by atoms with Crippen LogP contribution in [0.5, 0.6) is 0 Å². The van der Waals surface area contributed by atoms with Crippen LogP contribution in [0.2, 0.25) is 0 Å². The van der Waals surface area contributed by atoms with Crippen LogP contribution in [0.1, 0.15) is 0 Å². The minimum absolute atomic E-state index is 0. The molecule has 0 spiro atoms. The van der Waals surface area contributed by atoms with E-state index in [1.165, 1.54) is 0 Å². The summed E-state index contributed by atoms with van der Waals surface area (Å²) in [6.45, 7) is 0. The van der Waals surface area contributed by atoms with Gasteiger partial charge in [0.2, 0.25) is 0 Å². The van der Waals surface area contributed by atoms with Gasteiger partial charge in [-0.2, -0.15) is 0 Å². The first-order valence-corrected chi connectivity index (χ1v) is 0. The first kappa shape index (κ1) is 49.7. The zero-order chi connectivity index (χ0) is 0. The van der Waals surface area contributed by atoms with Crippen molar-refractivity contribution >= 4 is 132 Å². The topological polar surface area (TPSA) is 0 Å². The third-order valence-electron chi connectivity index (χ3n) is 0. The van der Waals surface area contributed by atoms with Gasteiger partial charge in [-0.3, -0.25) is 0 Å². The number of hydrogen-bond donors (Lipinski definition) is 0. The second-order valence-corrected chi connectivity index (χ2v) is 0. The minimum Gasteiger partial charge on any atom is -1.00 e. The molecule has 24 valence electrons. The Kier molecular flexibility index (Phi) is 294. The Hall–Kier alpha value is 4.10. The van der Waals surface area contributed by atoms with Gasteiger partial charge >= 0.3 is 132 Å². The Morgan fingerprint density at radius 3 is 0.667 bits per heavy atom. The van der Waals surface area contributed by atoms with E-state index in [0.29, 0.717) is 0 Å². The number of rotatable bonds is 0. The van der Waals surface area contributed by atoms with Crippen LogP contribution in [-0.4, -0.2) is 132 Å². The Balaban J connectivity index is 0. The molecule has 0 N–H and O–H groups in total. The molecule has 0 heterocycles. The Labute approximate surface area is 142 Å². The SMILES string of the molecule is [Ba+2].[Ca+2].[F-].[F-].[F-].[Sr+2]. The van der Waals surface area contributed by atoms with Gasteiger partial charge < -0.3 is 14.1 Å². The number of hydrogen-bond acceptors (Lipinski definition) is 0. The molecule has 0 aromatic rings. The smallest absolute Gasteiger partial charge is 1.00 e. The van der Waals surface area contributed by atoms with E-state index in [4.69, 9.17) is 0 Å². The van der Waals surface area contributed by atoms with E-state index in [1.807, 2.05) is 0 Å². The van der Waals surface area contributed by atoms with Gasteiger partial charge in [-0.25, -0.2) is 0 Å². The summed E-state index contributed by atoms with van der Waals surface area (Å²) in [5.41, 5.74) is 0. The van der Waals surface area contributed by atoms with E-state index in [1.54, 1.807) is 0 Å². The molecule has 0 aliphatic rings. The maximum absolute atomic E-state index is 0. The Morgan fingerprint density at radius 2 is 0.667 bits per heavy atom. The molecule has 0 saturated heterocycles. The maximum Gasteiger partial charge on any atom is 2.00 e. The molecular formula is BaCaF3Sr+3. The molecule has 0 fully saturated rings. The zero-order valence-electron chi connectivity index (χ0n) is 3.26. The molecule has 6 heavy (non-hydrogen) atoms. The van der Waals surface area contributed by atoms with Crippen molar-refractivity contribution in [2.75, 3.05) is 0 Å². The standard InChI is InChI=1S/Ba.Ca.3FH.Sr/h;;3*1H;/q2*+2;;;;+2/p-3. The number of halogens is 3. The van der Waals surface area contributed by atoms with E-state index in [2.05, 4.69) is 0 Å². The third-order valence-corrected chi connectivity index (χ3v) is 0. The van der Waals surface area contributed by atoms with Crippen LogP contribution in [0.25, 0.3) is 0 Å². The molecular weight excluding hydrogens is 322 g/mol. The molecule has 0 aliphatic carbocycles. The average Bonchev–Trinajstić information content (AvgIpc) is 0. The van der Waals surface area contributed by atoms with Gasteiger partial charge in [0.05, 0.1) is 0 Å². The molecule has 0 bridgehead atoms. The monoisotopic (exact) mass is 323 g/mol. The van der Waals surface area contributed by atoms with Crippen LogP contribution < -0.4 is 14.1 Å².